The number of unbranched alkanes of at least 4 members (excludes halogenated alkanes) is 18. The Labute approximate surface area is 315 Å². The van der Waals surface area contributed by atoms with Gasteiger partial charge in [-0.15, -0.1) is 0 Å². The van der Waals surface area contributed by atoms with Crippen LogP contribution in [0.3, 0.4) is 0 Å². The van der Waals surface area contributed by atoms with Crippen LogP contribution in [0.5, 0.6) is 11.5 Å². The lowest BCUT2D eigenvalue weighted by Crippen LogP contribution is -2.05. The molecule has 0 atom stereocenters. The summed E-state index contributed by atoms with van der Waals surface area (Å²) in [4.78, 5) is 23.4. The predicted octanol–water partition coefficient (Wildman–Crippen LogP) is 13.2. The summed E-state index contributed by atoms with van der Waals surface area (Å²) >= 11 is 0. The minimum atomic E-state index is -0.0342. The van der Waals surface area contributed by atoms with Gasteiger partial charge in [-0.3, -0.25) is 9.59 Å². The van der Waals surface area contributed by atoms with E-state index in [0.717, 1.165) is 110 Å². The first-order chi connectivity index (χ1) is 25.7. The lowest BCUT2D eigenvalue weighted by atomic mass is 10.0. The Morgan fingerprint density at radius 1 is 0.385 bits per heavy atom. The molecule has 0 unspecified atom stereocenters. The van der Waals surface area contributed by atoms with Crippen molar-refractivity contribution in [1.82, 2.24) is 0 Å². The largest absolute Gasteiger partial charge is 0.492 e. The van der Waals surface area contributed by atoms with Crippen LogP contribution in [0.15, 0.2) is 48.5 Å². The third-order valence-electron chi connectivity index (χ3n) is 9.90. The Morgan fingerprint density at radius 2 is 0.673 bits per heavy atom. The Hall–Kier alpha value is -3.28. The molecular weight excluding hydrogens is 649 g/mol. The van der Waals surface area contributed by atoms with Crippen molar-refractivity contribution >= 4 is 33.5 Å². The normalized spacial score (nSPS) is 11.3. The van der Waals surface area contributed by atoms with Crippen LogP contribution in [-0.2, 0) is 19.1 Å². The molecule has 0 radical (unpaired) electrons. The van der Waals surface area contributed by atoms with Crippen LogP contribution in [0.2, 0.25) is 0 Å². The molecule has 52 heavy (non-hydrogen) atoms. The number of carbonyl (C=O) groups excluding carboxylic acids is 2. The fourth-order valence-electron chi connectivity index (χ4n) is 6.73. The highest BCUT2D eigenvalue weighted by atomic mass is 16.5. The quantitative estimate of drug-likeness (QED) is 0.0363. The van der Waals surface area contributed by atoms with Crippen molar-refractivity contribution in [2.45, 2.75) is 168 Å². The fraction of sp³-hybridized carbons (Fsp3) is 0.652. The van der Waals surface area contributed by atoms with E-state index in [1.165, 1.54) is 77.0 Å². The smallest absolute Gasteiger partial charge is 0.305 e. The van der Waals surface area contributed by atoms with E-state index in [0.29, 0.717) is 26.1 Å². The zero-order valence-electron chi connectivity index (χ0n) is 32.9. The first-order valence-corrected chi connectivity index (χ1v) is 21.2. The summed E-state index contributed by atoms with van der Waals surface area (Å²) in [5.74, 6) is 1.88. The summed E-state index contributed by atoms with van der Waals surface area (Å²) in [6.45, 7) is 6.79. The molecule has 290 valence electrons. The van der Waals surface area contributed by atoms with Crippen LogP contribution >= 0.6 is 0 Å². The van der Waals surface area contributed by atoms with Crippen LogP contribution in [-0.4, -0.2) is 38.4 Å². The molecule has 0 aromatic heterocycles. The van der Waals surface area contributed by atoms with Crippen LogP contribution < -0.4 is 9.47 Å². The van der Waals surface area contributed by atoms with Gasteiger partial charge in [0.2, 0.25) is 0 Å². The summed E-state index contributed by atoms with van der Waals surface area (Å²) in [5, 5.41) is 4.50. The van der Waals surface area contributed by atoms with Gasteiger partial charge in [0.15, 0.2) is 0 Å². The highest BCUT2D eigenvalue weighted by Gasteiger charge is 2.16. The predicted molar refractivity (Wildman–Crippen MR) is 217 cm³/mol. The summed E-state index contributed by atoms with van der Waals surface area (Å²) < 4.78 is 23.5. The molecule has 0 amide bonds. The van der Waals surface area contributed by atoms with Crippen LogP contribution in [0.1, 0.15) is 168 Å². The Morgan fingerprint density at radius 3 is 0.981 bits per heavy atom. The molecule has 0 saturated heterocycles. The van der Waals surface area contributed by atoms with Gasteiger partial charge < -0.3 is 18.9 Å². The number of ether oxygens (including phenoxy) is 4. The molecule has 0 heterocycles. The molecule has 0 fully saturated rings. The zero-order chi connectivity index (χ0) is 36.9. The zero-order valence-corrected chi connectivity index (χ0v) is 32.9. The Balaban J connectivity index is 1.30. The van der Waals surface area contributed by atoms with E-state index < -0.39 is 0 Å². The average molecular weight is 719 g/mol. The second-order valence-electron chi connectivity index (χ2n) is 14.5. The van der Waals surface area contributed by atoms with Gasteiger partial charge >= 0.3 is 11.9 Å². The van der Waals surface area contributed by atoms with E-state index in [1.54, 1.807) is 0 Å². The third-order valence-corrected chi connectivity index (χ3v) is 9.90. The van der Waals surface area contributed by atoms with E-state index in [-0.39, 0.29) is 11.9 Å². The number of hydrogen-bond acceptors (Lipinski definition) is 6. The molecule has 0 N–H and O–H groups in total. The van der Waals surface area contributed by atoms with E-state index in [9.17, 15) is 9.59 Å². The monoisotopic (exact) mass is 719 g/mol. The van der Waals surface area contributed by atoms with E-state index in [1.807, 2.05) is 0 Å². The number of fused-ring (bicyclic) bond motifs is 2. The SMILES string of the molecule is CCCCOC(=O)CCCCCCCCCCCOc1c2ccccc2c(OCCCCCCCCCCCC(=O)OCCCC)c2ccccc12. The van der Waals surface area contributed by atoms with Crippen molar-refractivity contribution in [1.29, 1.82) is 0 Å². The lowest BCUT2D eigenvalue weighted by Gasteiger charge is -2.18. The van der Waals surface area contributed by atoms with Crippen LogP contribution in [0.4, 0.5) is 0 Å². The minimum absolute atomic E-state index is 0.0342. The number of hydrogen-bond donors (Lipinski definition) is 0. The van der Waals surface area contributed by atoms with Gasteiger partial charge in [0.1, 0.15) is 11.5 Å². The first kappa shape index (κ1) is 43.1. The summed E-state index contributed by atoms with van der Waals surface area (Å²) in [6.07, 6.45) is 26.2. The standard InChI is InChI=1S/C46H70O6/c1-3-5-35-49-43(47)33-21-17-13-9-7-11-15-19-27-37-51-45-39-29-23-25-31-41(39)46(42-32-26-24-30-40(42)45)52-38-28-20-16-12-8-10-14-18-22-34-44(48)50-36-6-4-2/h23-26,29-32H,3-22,27-28,33-38H2,1-2H3. The fourth-order valence-corrected chi connectivity index (χ4v) is 6.73. The van der Waals surface area contributed by atoms with Crippen molar-refractivity contribution < 1.29 is 28.5 Å². The summed E-state index contributed by atoms with van der Waals surface area (Å²) in [6, 6.07) is 17.0. The maximum Gasteiger partial charge on any atom is 0.305 e. The van der Waals surface area contributed by atoms with Crippen molar-refractivity contribution in [3.05, 3.63) is 48.5 Å². The molecule has 3 rings (SSSR count). The third kappa shape index (κ3) is 17.5. The van der Waals surface area contributed by atoms with E-state index in [4.69, 9.17) is 18.9 Å². The van der Waals surface area contributed by atoms with Crippen molar-refractivity contribution in [3.8, 4) is 11.5 Å². The van der Waals surface area contributed by atoms with Crippen molar-refractivity contribution in [2.75, 3.05) is 26.4 Å². The minimum Gasteiger partial charge on any atom is -0.492 e. The number of esters is 2. The second kappa shape index (κ2) is 28.3. The summed E-state index contributed by atoms with van der Waals surface area (Å²) in [7, 11) is 0. The van der Waals surface area contributed by atoms with E-state index >= 15 is 0 Å². The van der Waals surface area contributed by atoms with Crippen LogP contribution in [0.25, 0.3) is 21.5 Å². The number of benzene rings is 3. The number of carbonyl (C=O) groups is 2. The maximum absolute atomic E-state index is 11.7. The van der Waals surface area contributed by atoms with Gasteiger partial charge in [-0.1, -0.05) is 165 Å². The molecule has 0 aliphatic rings. The highest BCUT2D eigenvalue weighted by molar-refractivity contribution is 6.11. The molecule has 6 heteroatoms. The molecule has 0 saturated carbocycles. The highest BCUT2D eigenvalue weighted by Crippen LogP contribution is 2.42. The molecule has 0 aliphatic carbocycles. The maximum atomic E-state index is 11.7. The van der Waals surface area contributed by atoms with Gasteiger partial charge in [-0.25, -0.2) is 0 Å². The van der Waals surface area contributed by atoms with Gasteiger partial charge in [-0.2, -0.15) is 0 Å². The van der Waals surface area contributed by atoms with E-state index in [2.05, 4.69) is 62.4 Å². The topological polar surface area (TPSA) is 71.1 Å². The van der Waals surface area contributed by atoms with Crippen molar-refractivity contribution in [2.24, 2.45) is 0 Å². The summed E-state index contributed by atoms with van der Waals surface area (Å²) in [5.41, 5.74) is 0. The van der Waals surface area contributed by atoms with Gasteiger partial charge in [0, 0.05) is 34.4 Å². The van der Waals surface area contributed by atoms with Gasteiger partial charge in [0.25, 0.3) is 0 Å². The van der Waals surface area contributed by atoms with Gasteiger partial charge in [0.05, 0.1) is 26.4 Å². The lowest BCUT2D eigenvalue weighted by molar-refractivity contribution is -0.144. The molecule has 6 nitrogen and oxygen atoms in total. The molecule has 0 bridgehead atoms. The van der Waals surface area contributed by atoms with Gasteiger partial charge in [-0.05, 0) is 38.5 Å². The Kier molecular flexibility index (Phi) is 23.4. The molecule has 0 aliphatic heterocycles. The second-order valence-corrected chi connectivity index (χ2v) is 14.5. The van der Waals surface area contributed by atoms with Crippen molar-refractivity contribution in [3.63, 3.8) is 0 Å². The molecule has 3 aromatic carbocycles. The molecule has 3 aromatic rings. The first-order valence-electron chi connectivity index (χ1n) is 21.2. The van der Waals surface area contributed by atoms with Crippen LogP contribution in [0, 0.1) is 0 Å². The number of rotatable bonds is 32. The molecular formula is C46H70O6. The molecule has 0 spiro atoms. The average Bonchev–Trinajstić information content (AvgIpc) is 3.16. The Bertz CT molecular complexity index is 1220.